The van der Waals surface area contributed by atoms with Gasteiger partial charge in [0.25, 0.3) is 0 Å². The van der Waals surface area contributed by atoms with Crippen LogP contribution in [0.3, 0.4) is 0 Å². The maximum atomic E-state index is 12.5. The molecule has 2 rings (SSSR count). The minimum absolute atomic E-state index is 0.0382. The van der Waals surface area contributed by atoms with Gasteiger partial charge in [-0.1, -0.05) is 19.9 Å². The average molecular weight is 332 g/mol. The van der Waals surface area contributed by atoms with Crippen LogP contribution in [0.5, 0.6) is 0 Å². The van der Waals surface area contributed by atoms with E-state index in [1.165, 1.54) is 4.88 Å². The molecule has 0 aliphatic rings. The van der Waals surface area contributed by atoms with Crippen LogP contribution in [0.4, 0.5) is 4.79 Å². The van der Waals surface area contributed by atoms with Gasteiger partial charge < -0.3 is 10.2 Å². The van der Waals surface area contributed by atoms with Crippen molar-refractivity contribution in [1.82, 2.24) is 20.2 Å². The number of pyridine rings is 1. The Morgan fingerprint density at radius 2 is 2.22 bits per heavy atom. The van der Waals surface area contributed by atoms with Crippen molar-refractivity contribution in [3.8, 4) is 0 Å². The number of urea groups is 1. The fourth-order valence-electron chi connectivity index (χ4n) is 2.37. The molecule has 1 N–H and O–H groups in total. The number of hydrogen-bond acceptors (Lipinski definition) is 4. The molecular formula is C17H24N4OS. The number of carbonyl (C=O) groups excluding carboxylic acids is 1. The second kappa shape index (κ2) is 8.06. The van der Waals surface area contributed by atoms with Crippen molar-refractivity contribution in [2.24, 2.45) is 5.92 Å². The average Bonchev–Trinajstić information content (AvgIpc) is 2.95. The Balaban J connectivity index is 1.94. The Kier molecular flexibility index (Phi) is 6.10. The molecule has 0 saturated heterocycles. The van der Waals surface area contributed by atoms with Gasteiger partial charge in [-0.2, -0.15) is 0 Å². The van der Waals surface area contributed by atoms with Crippen molar-refractivity contribution in [1.29, 1.82) is 0 Å². The van der Waals surface area contributed by atoms with Gasteiger partial charge in [-0.05, 0) is 24.5 Å². The minimum Gasteiger partial charge on any atom is -0.331 e. The first kappa shape index (κ1) is 17.4. The molecule has 0 radical (unpaired) electrons. The molecule has 2 amide bonds. The predicted molar refractivity (Wildman–Crippen MR) is 93.5 cm³/mol. The third-order valence-electron chi connectivity index (χ3n) is 3.86. The number of thiazole rings is 1. The van der Waals surface area contributed by atoms with Crippen LogP contribution in [0.1, 0.15) is 36.0 Å². The Bertz CT molecular complexity index is 627. The fraction of sp³-hybridized carbons (Fsp3) is 0.471. The molecule has 0 aromatic carbocycles. The van der Waals surface area contributed by atoms with Gasteiger partial charge in [0.05, 0.1) is 17.2 Å². The van der Waals surface area contributed by atoms with E-state index in [9.17, 15) is 4.79 Å². The predicted octanol–water partition coefficient (Wildman–Crippen LogP) is 3.43. The molecule has 1 atom stereocenters. The van der Waals surface area contributed by atoms with Crippen molar-refractivity contribution in [3.63, 3.8) is 0 Å². The number of aryl methyl sites for hydroxylation is 1. The smallest absolute Gasteiger partial charge is 0.317 e. The summed E-state index contributed by atoms with van der Waals surface area (Å²) in [6.07, 6.45) is 4.39. The summed E-state index contributed by atoms with van der Waals surface area (Å²) in [5.74, 6) is 0.292. The molecule has 23 heavy (non-hydrogen) atoms. The molecule has 2 aromatic heterocycles. The first-order valence-electron chi connectivity index (χ1n) is 7.79. The Hall–Kier alpha value is -1.95. The third-order valence-corrected chi connectivity index (χ3v) is 4.85. The van der Waals surface area contributed by atoms with Gasteiger partial charge in [0.2, 0.25) is 0 Å². The standard InChI is InChI=1S/C17H24N4OS/c1-12(2)16(14-6-5-8-18-10-14)20-17(22)21(4)9-7-15-13(3)19-11-23-15/h5-6,8,10-12,16H,7,9H2,1-4H3,(H,20,22)/t16-/m1/s1. The summed E-state index contributed by atoms with van der Waals surface area (Å²) in [6, 6.07) is 3.80. The van der Waals surface area contributed by atoms with Gasteiger partial charge in [0, 0.05) is 37.3 Å². The number of hydrogen-bond donors (Lipinski definition) is 1. The highest BCUT2D eigenvalue weighted by Crippen LogP contribution is 2.21. The largest absolute Gasteiger partial charge is 0.331 e. The molecule has 0 spiro atoms. The van der Waals surface area contributed by atoms with E-state index in [4.69, 9.17) is 0 Å². The maximum Gasteiger partial charge on any atom is 0.317 e. The van der Waals surface area contributed by atoms with E-state index < -0.39 is 0 Å². The molecule has 0 aliphatic carbocycles. The highest BCUT2D eigenvalue weighted by atomic mass is 32.1. The summed E-state index contributed by atoms with van der Waals surface area (Å²) in [5, 5.41) is 3.11. The first-order chi connectivity index (χ1) is 11.0. The maximum absolute atomic E-state index is 12.5. The van der Waals surface area contributed by atoms with Crippen LogP contribution in [0, 0.1) is 12.8 Å². The molecule has 0 bridgehead atoms. The van der Waals surface area contributed by atoms with Gasteiger partial charge in [0.15, 0.2) is 0 Å². The van der Waals surface area contributed by atoms with E-state index in [2.05, 4.69) is 29.1 Å². The molecule has 0 aliphatic heterocycles. The summed E-state index contributed by atoms with van der Waals surface area (Å²) < 4.78 is 0. The first-order valence-corrected chi connectivity index (χ1v) is 8.67. The van der Waals surface area contributed by atoms with E-state index in [1.54, 1.807) is 22.4 Å². The lowest BCUT2D eigenvalue weighted by Crippen LogP contribution is -2.41. The van der Waals surface area contributed by atoms with Crippen molar-refractivity contribution in [3.05, 3.63) is 46.2 Å². The summed E-state index contributed by atoms with van der Waals surface area (Å²) in [7, 11) is 1.83. The molecule has 124 valence electrons. The number of likely N-dealkylation sites (N-methyl/N-ethyl adjacent to an activating group) is 1. The van der Waals surface area contributed by atoms with E-state index in [1.807, 2.05) is 37.8 Å². The summed E-state index contributed by atoms with van der Waals surface area (Å²) in [4.78, 5) is 23.8. The van der Waals surface area contributed by atoms with E-state index in [0.29, 0.717) is 12.5 Å². The third kappa shape index (κ3) is 4.76. The molecule has 6 heteroatoms. The zero-order chi connectivity index (χ0) is 16.8. The fourth-order valence-corrected chi connectivity index (χ4v) is 3.15. The quantitative estimate of drug-likeness (QED) is 0.882. The summed E-state index contributed by atoms with van der Waals surface area (Å²) >= 11 is 1.64. The number of carbonyl (C=O) groups is 1. The monoisotopic (exact) mass is 332 g/mol. The molecule has 5 nitrogen and oxygen atoms in total. The topological polar surface area (TPSA) is 58.1 Å². The molecule has 2 heterocycles. The van der Waals surface area contributed by atoms with Crippen LogP contribution in [0.15, 0.2) is 30.0 Å². The van der Waals surface area contributed by atoms with Gasteiger partial charge in [-0.3, -0.25) is 4.98 Å². The Morgan fingerprint density at radius 3 is 2.78 bits per heavy atom. The van der Waals surface area contributed by atoms with Crippen molar-refractivity contribution < 1.29 is 4.79 Å². The van der Waals surface area contributed by atoms with Crippen molar-refractivity contribution >= 4 is 17.4 Å². The van der Waals surface area contributed by atoms with Gasteiger partial charge in [-0.15, -0.1) is 11.3 Å². The van der Waals surface area contributed by atoms with Crippen LogP contribution in [-0.4, -0.2) is 34.5 Å². The van der Waals surface area contributed by atoms with Crippen molar-refractivity contribution in [2.75, 3.05) is 13.6 Å². The number of nitrogens with one attached hydrogen (secondary N) is 1. The highest BCUT2D eigenvalue weighted by molar-refractivity contribution is 7.09. The van der Waals surface area contributed by atoms with Gasteiger partial charge >= 0.3 is 6.03 Å². The Labute approximate surface area is 141 Å². The van der Waals surface area contributed by atoms with E-state index in [-0.39, 0.29) is 12.1 Å². The van der Waals surface area contributed by atoms with E-state index in [0.717, 1.165) is 17.7 Å². The van der Waals surface area contributed by atoms with Crippen LogP contribution in [0.25, 0.3) is 0 Å². The van der Waals surface area contributed by atoms with E-state index >= 15 is 0 Å². The molecule has 0 unspecified atom stereocenters. The lowest BCUT2D eigenvalue weighted by atomic mass is 9.98. The minimum atomic E-state index is -0.0604. The van der Waals surface area contributed by atoms with Gasteiger partial charge in [-0.25, -0.2) is 9.78 Å². The number of rotatable bonds is 6. The summed E-state index contributed by atoms with van der Waals surface area (Å²) in [5.41, 5.74) is 3.93. The zero-order valence-electron chi connectivity index (χ0n) is 14.1. The molecule has 0 saturated carbocycles. The second-order valence-electron chi connectivity index (χ2n) is 5.99. The highest BCUT2D eigenvalue weighted by Gasteiger charge is 2.20. The van der Waals surface area contributed by atoms with Gasteiger partial charge in [0.1, 0.15) is 0 Å². The number of amides is 2. The summed E-state index contributed by atoms with van der Waals surface area (Å²) in [6.45, 7) is 6.87. The van der Waals surface area contributed by atoms with Crippen LogP contribution in [-0.2, 0) is 6.42 Å². The lowest BCUT2D eigenvalue weighted by molar-refractivity contribution is 0.201. The van der Waals surface area contributed by atoms with Crippen LogP contribution >= 0.6 is 11.3 Å². The SMILES string of the molecule is Cc1ncsc1CCN(C)C(=O)N[C@@H](c1cccnc1)C(C)C. The molecule has 0 fully saturated rings. The number of aromatic nitrogens is 2. The normalized spacial score (nSPS) is 12.2. The zero-order valence-corrected chi connectivity index (χ0v) is 14.9. The molecule has 2 aromatic rings. The molecular weight excluding hydrogens is 308 g/mol. The Morgan fingerprint density at radius 1 is 1.43 bits per heavy atom. The van der Waals surface area contributed by atoms with Crippen molar-refractivity contribution in [2.45, 2.75) is 33.2 Å². The number of nitrogens with zero attached hydrogens (tertiary/aromatic N) is 3. The lowest BCUT2D eigenvalue weighted by Gasteiger charge is -2.26. The van der Waals surface area contributed by atoms with Crippen LogP contribution < -0.4 is 5.32 Å². The van der Waals surface area contributed by atoms with Crippen LogP contribution in [0.2, 0.25) is 0 Å². The second-order valence-corrected chi connectivity index (χ2v) is 6.93.